The Labute approximate surface area is 130 Å². The first-order valence-corrected chi connectivity index (χ1v) is 7.21. The lowest BCUT2D eigenvalue weighted by molar-refractivity contribution is 0.0827. The minimum absolute atomic E-state index is 0.0171. The van der Waals surface area contributed by atoms with Crippen molar-refractivity contribution in [1.29, 1.82) is 0 Å². The molecule has 0 atom stereocenters. The lowest BCUT2D eigenvalue weighted by atomic mass is 10.1. The van der Waals surface area contributed by atoms with E-state index >= 15 is 0 Å². The fourth-order valence-electron chi connectivity index (χ4n) is 2.65. The van der Waals surface area contributed by atoms with Crippen LogP contribution >= 0.6 is 0 Å². The van der Waals surface area contributed by atoms with Gasteiger partial charge in [0, 0.05) is 49.7 Å². The van der Waals surface area contributed by atoms with Gasteiger partial charge in [-0.25, -0.2) is 0 Å². The van der Waals surface area contributed by atoms with Gasteiger partial charge in [-0.3, -0.25) is 9.78 Å². The van der Waals surface area contributed by atoms with Crippen molar-refractivity contribution in [2.75, 3.05) is 14.1 Å². The van der Waals surface area contributed by atoms with E-state index in [1.54, 1.807) is 19.0 Å². The average molecular weight is 293 g/mol. The molecule has 3 aromatic rings. The molecule has 0 aliphatic rings. The van der Waals surface area contributed by atoms with E-state index in [0.717, 1.165) is 27.9 Å². The summed E-state index contributed by atoms with van der Waals surface area (Å²) in [5, 5.41) is 1.12. The Morgan fingerprint density at radius 3 is 2.45 bits per heavy atom. The smallest absolute Gasteiger partial charge is 0.253 e. The number of rotatable bonds is 2. The van der Waals surface area contributed by atoms with E-state index in [1.165, 1.54) is 0 Å². The van der Waals surface area contributed by atoms with Crippen molar-refractivity contribution in [2.45, 2.75) is 6.92 Å². The zero-order chi connectivity index (χ0) is 15.9. The predicted molar refractivity (Wildman–Crippen MR) is 88.9 cm³/mol. The second-order valence-electron chi connectivity index (χ2n) is 5.75. The number of carbonyl (C=O) groups excluding carboxylic acids is 1. The molecule has 0 saturated heterocycles. The van der Waals surface area contributed by atoms with Crippen molar-refractivity contribution < 1.29 is 4.79 Å². The molecule has 2 aromatic heterocycles. The van der Waals surface area contributed by atoms with E-state index in [-0.39, 0.29) is 5.91 Å². The van der Waals surface area contributed by atoms with E-state index in [1.807, 2.05) is 37.4 Å². The van der Waals surface area contributed by atoms with Crippen LogP contribution in [0, 0.1) is 6.92 Å². The van der Waals surface area contributed by atoms with Crippen molar-refractivity contribution in [1.82, 2.24) is 14.5 Å². The molecule has 0 unspecified atom stereocenters. The maximum Gasteiger partial charge on any atom is 0.253 e. The summed E-state index contributed by atoms with van der Waals surface area (Å²) in [6, 6.07) is 11.9. The maximum absolute atomic E-state index is 11.9. The Bertz CT molecular complexity index is 845. The molecule has 22 heavy (non-hydrogen) atoms. The highest BCUT2D eigenvalue weighted by Gasteiger charge is 2.11. The number of hydrogen-bond acceptors (Lipinski definition) is 2. The molecule has 4 heteroatoms. The van der Waals surface area contributed by atoms with Gasteiger partial charge in [0.05, 0.1) is 5.52 Å². The highest BCUT2D eigenvalue weighted by molar-refractivity contribution is 5.94. The third kappa shape index (κ3) is 2.37. The monoisotopic (exact) mass is 293 g/mol. The first-order chi connectivity index (χ1) is 10.5. The zero-order valence-electron chi connectivity index (χ0n) is 13.3. The topological polar surface area (TPSA) is 38.1 Å². The van der Waals surface area contributed by atoms with Crippen molar-refractivity contribution in [3.63, 3.8) is 0 Å². The van der Waals surface area contributed by atoms with Gasteiger partial charge in [-0.2, -0.15) is 0 Å². The molecule has 112 valence electrons. The number of nitrogens with zero attached hydrogens (tertiary/aromatic N) is 3. The molecule has 0 N–H and O–H groups in total. The van der Waals surface area contributed by atoms with Gasteiger partial charge in [-0.15, -0.1) is 0 Å². The van der Waals surface area contributed by atoms with Crippen LogP contribution in [-0.2, 0) is 7.05 Å². The van der Waals surface area contributed by atoms with Crippen molar-refractivity contribution >= 4 is 16.8 Å². The lowest BCUT2D eigenvalue weighted by Gasteiger charge is -2.11. The molecule has 1 amide bonds. The number of pyridine rings is 1. The van der Waals surface area contributed by atoms with Crippen molar-refractivity contribution in [3.8, 4) is 11.3 Å². The Morgan fingerprint density at radius 2 is 1.82 bits per heavy atom. The molecule has 0 bridgehead atoms. The van der Waals surface area contributed by atoms with E-state index in [2.05, 4.69) is 28.7 Å². The predicted octanol–water partition coefficient (Wildman–Crippen LogP) is 3.25. The van der Waals surface area contributed by atoms with Crippen molar-refractivity contribution in [2.24, 2.45) is 7.05 Å². The summed E-state index contributed by atoms with van der Waals surface area (Å²) in [4.78, 5) is 17.9. The largest absolute Gasteiger partial charge is 0.345 e. The summed E-state index contributed by atoms with van der Waals surface area (Å²) < 4.78 is 2.16. The summed E-state index contributed by atoms with van der Waals surface area (Å²) in [6.45, 7) is 1.99. The molecule has 0 aliphatic carbocycles. The second kappa shape index (κ2) is 5.30. The molecule has 0 fully saturated rings. The molecule has 0 radical (unpaired) electrons. The molecule has 0 saturated carbocycles. The van der Waals surface area contributed by atoms with Crippen LogP contribution in [0.2, 0.25) is 0 Å². The normalized spacial score (nSPS) is 10.9. The van der Waals surface area contributed by atoms with E-state index in [9.17, 15) is 4.79 Å². The van der Waals surface area contributed by atoms with E-state index < -0.39 is 0 Å². The third-order valence-corrected chi connectivity index (χ3v) is 3.90. The highest BCUT2D eigenvalue weighted by atomic mass is 16.2. The van der Waals surface area contributed by atoms with Gasteiger partial charge < -0.3 is 9.47 Å². The van der Waals surface area contributed by atoms with Gasteiger partial charge >= 0.3 is 0 Å². The first-order valence-electron chi connectivity index (χ1n) is 7.21. The van der Waals surface area contributed by atoms with Crippen LogP contribution in [0.25, 0.3) is 22.2 Å². The highest BCUT2D eigenvalue weighted by Crippen LogP contribution is 2.27. The van der Waals surface area contributed by atoms with Crippen LogP contribution in [0.15, 0.2) is 42.6 Å². The number of hydrogen-bond donors (Lipinski definition) is 0. The van der Waals surface area contributed by atoms with Gasteiger partial charge in [0.15, 0.2) is 0 Å². The molecular formula is C18H19N3O. The summed E-state index contributed by atoms with van der Waals surface area (Å²) >= 11 is 0. The van der Waals surface area contributed by atoms with Gasteiger partial charge in [0.1, 0.15) is 0 Å². The van der Waals surface area contributed by atoms with E-state index in [4.69, 9.17) is 0 Å². The summed E-state index contributed by atoms with van der Waals surface area (Å²) in [5.74, 6) is 0.0171. The Morgan fingerprint density at radius 1 is 1.14 bits per heavy atom. The third-order valence-electron chi connectivity index (χ3n) is 3.90. The first kappa shape index (κ1) is 14.3. The van der Waals surface area contributed by atoms with Crippen LogP contribution in [-0.4, -0.2) is 34.5 Å². The number of aromatic nitrogens is 2. The maximum atomic E-state index is 11.9. The fraction of sp³-hybridized carbons (Fsp3) is 0.222. The standard InChI is InChI=1S/C18H19N3O/c1-12-9-16-15(11-19-12)10-17(21(16)4)13-5-7-14(8-6-13)18(22)20(2)3/h5-11H,1-4H3. The Hall–Kier alpha value is -2.62. The number of fused-ring (bicyclic) bond motifs is 1. The lowest BCUT2D eigenvalue weighted by Crippen LogP contribution is -2.21. The number of aryl methyl sites for hydroxylation is 2. The summed E-state index contributed by atoms with van der Waals surface area (Å²) in [5.41, 5.74) is 5.08. The molecule has 0 spiro atoms. The number of amides is 1. The van der Waals surface area contributed by atoms with Crippen LogP contribution in [0.1, 0.15) is 16.1 Å². The molecule has 3 rings (SSSR count). The average Bonchev–Trinajstić information content (AvgIpc) is 2.83. The van der Waals surface area contributed by atoms with Gasteiger partial charge in [-0.1, -0.05) is 12.1 Å². The van der Waals surface area contributed by atoms with Crippen LogP contribution < -0.4 is 0 Å². The molecule has 1 aromatic carbocycles. The Balaban J connectivity index is 2.04. The summed E-state index contributed by atoms with van der Waals surface area (Å²) in [6.07, 6.45) is 1.90. The minimum Gasteiger partial charge on any atom is -0.345 e. The van der Waals surface area contributed by atoms with Crippen molar-refractivity contribution in [3.05, 3.63) is 53.9 Å². The number of benzene rings is 1. The zero-order valence-corrected chi connectivity index (χ0v) is 13.3. The van der Waals surface area contributed by atoms with Crippen LogP contribution in [0.3, 0.4) is 0 Å². The van der Waals surface area contributed by atoms with E-state index in [0.29, 0.717) is 5.56 Å². The fourth-order valence-corrected chi connectivity index (χ4v) is 2.65. The van der Waals surface area contributed by atoms with Gasteiger partial charge in [0.25, 0.3) is 5.91 Å². The quantitative estimate of drug-likeness (QED) is 0.727. The molecule has 4 nitrogen and oxygen atoms in total. The van der Waals surface area contributed by atoms with Gasteiger partial charge in [-0.05, 0) is 36.8 Å². The van der Waals surface area contributed by atoms with Gasteiger partial charge in [0.2, 0.25) is 0 Å². The second-order valence-corrected chi connectivity index (χ2v) is 5.75. The minimum atomic E-state index is 0.0171. The van der Waals surface area contributed by atoms with Crippen LogP contribution in [0.4, 0.5) is 0 Å². The molecular weight excluding hydrogens is 274 g/mol. The molecule has 0 aliphatic heterocycles. The van der Waals surface area contributed by atoms with Crippen LogP contribution in [0.5, 0.6) is 0 Å². The molecule has 2 heterocycles. The summed E-state index contributed by atoms with van der Waals surface area (Å²) in [7, 11) is 5.57. The number of carbonyl (C=O) groups is 1. The Kier molecular flexibility index (Phi) is 3.45. The SMILES string of the molecule is Cc1cc2c(cn1)cc(-c1ccc(C(=O)N(C)C)cc1)n2C.